The molecule has 0 amide bonds. The monoisotopic (exact) mass is 343 g/mol. The van der Waals surface area contributed by atoms with Crippen LogP contribution in [-0.2, 0) is 19.5 Å². The van der Waals surface area contributed by atoms with Crippen LogP contribution in [0.15, 0.2) is 4.47 Å². The normalized spacial score (nSPS) is 13.8. The topological polar surface area (TPSA) is 50.1 Å². The summed E-state index contributed by atoms with van der Waals surface area (Å²) in [5, 5.41) is 15.8. The Balaban J connectivity index is 2.65. The molecule has 0 aliphatic carbocycles. The van der Waals surface area contributed by atoms with Crippen molar-refractivity contribution in [2.24, 2.45) is 0 Å². The molecule has 4 nitrogen and oxygen atoms in total. The largest absolute Gasteiger partial charge is 0.415 e. The third-order valence-electron chi connectivity index (χ3n) is 2.70. The quantitative estimate of drug-likeness (QED) is 0.832. The zero-order valence-electron chi connectivity index (χ0n) is 10.8. The van der Waals surface area contributed by atoms with Crippen LogP contribution in [0.3, 0.4) is 0 Å². The first-order chi connectivity index (χ1) is 8.81. The number of halogens is 4. The van der Waals surface area contributed by atoms with Crippen molar-refractivity contribution in [3.63, 3.8) is 0 Å². The summed E-state index contributed by atoms with van der Waals surface area (Å²) in [5.74, 6) is 0. The van der Waals surface area contributed by atoms with Crippen molar-refractivity contribution in [1.82, 2.24) is 15.1 Å². The summed E-state index contributed by atoms with van der Waals surface area (Å²) >= 11 is 3.40. The molecule has 1 atom stereocenters. The summed E-state index contributed by atoms with van der Waals surface area (Å²) in [6.45, 7) is 4.18. The van der Waals surface area contributed by atoms with Crippen molar-refractivity contribution in [2.45, 2.75) is 45.6 Å². The minimum atomic E-state index is -4.59. The molecule has 1 heterocycles. The van der Waals surface area contributed by atoms with Gasteiger partial charge < -0.3 is 10.4 Å². The summed E-state index contributed by atoms with van der Waals surface area (Å²) in [4.78, 5) is 0. The van der Waals surface area contributed by atoms with Gasteiger partial charge in [0.2, 0.25) is 0 Å². The Morgan fingerprint density at radius 1 is 1.42 bits per heavy atom. The molecule has 110 valence electrons. The van der Waals surface area contributed by atoms with Crippen LogP contribution < -0.4 is 5.32 Å². The molecular weight excluding hydrogens is 327 g/mol. The van der Waals surface area contributed by atoms with Crippen LogP contribution in [0.25, 0.3) is 0 Å². The fourth-order valence-electron chi connectivity index (χ4n) is 1.63. The van der Waals surface area contributed by atoms with E-state index in [1.807, 2.05) is 13.8 Å². The molecule has 1 aromatic rings. The minimum absolute atomic E-state index is 0.217. The standard InChI is InChI=1S/C11H17BrF3N3O/c1-3-7-10(12)8(18(4-2)17-7)5-16-6-9(19)11(13,14)15/h9,16,19H,3-6H2,1-2H3. The Hall–Kier alpha value is -0.600. The summed E-state index contributed by atoms with van der Waals surface area (Å²) in [5.41, 5.74) is 1.66. The van der Waals surface area contributed by atoms with Gasteiger partial charge in [0.05, 0.1) is 15.9 Å². The highest BCUT2D eigenvalue weighted by Gasteiger charge is 2.37. The number of rotatable bonds is 6. The second-order valence-corrected chi connectivity index (χ2v) is 4.86. The number of aliphatic hydroxyl groups excluding tert-OH is 1. The van der Waals surface area contributed by atoms with Gasteiger partial charge in [-0.1, -0.05) is 6.92 Å². The summed E-state index contributed by atoms with van der Waals surface area (Å²) in [6.07, 6.45) is -6.20. The fourth-order valence-corrected chi connectivity index (χ4v) is 2.33. The van der Waals surface area contributed by atoms with E-state index in [1.165, 1.54) is 0 Å². The van der Waals surface area contributed by atoms with Crippen LogP contribution >= 0.6 is 15.9 Å². The van der Waals surface area contributed by atoms with Gasteiger partial charge in [0.25, 0.3) is 0 Å². The highest BCUT2D eigenvalue weighted by molar-refractivity contribution is 9.10. The molecule has 1 unspecified atom stereocenters. The Labute approximate surface area is 118 Å². The van der Waals surface area contributed by atoms with Crippen LogP contribution in [-0.4, -0.2) is 33.7 Å². The van der Waals surface area contributed by atoms with Crippen molar-refractivity contribution in [1.29, 1.82) is 0 Å². The Bertz CT molecular complexity index is 420. The van der Waals surface area contributed by atoms with Crippen molar-refractivity contribution in [2.75, 3.05) is 6.54 Å². The van der Waals surface area contributed by atoms with Gasteiger partial charge in [0.1, 0.15) is 0 Å². The molecule has 0 aliphatic heterocycles. The van der Waals surface area contributed by atoms with Crippen LogP contribution in [0.2, 0.25) is 0 Å². The van der Waals surface area contributed by atoms with E-state index in [2.05, 4.69) is 26.3 Å². The highest BCUT2D eigenvalue weighted by Crippen LogP contribution is 2.23. The Morgan fingerprint density at radius 3 is 2.53 bits per heavy atom. The molecule has 0 aliphatic rings. The van der Waals surface area contributed by atoms with E-state index in [4.69, 9.17) is 5.11 Å². The lowest BCUT2D eigenvalue weighted by Crippen LogP contribution is -2.38. The number of nitrogens with zero attached hydrogens (tertiary/aromatic N) is 2. The van der Waals surface area contributed by atoms with Crippen molar-refractivity contribution in [3.8, 4) is 0 Å². The average molecular weight is 344 g/mol. The van der Waals surface area contributed by atoms with E-state index < -0.39 is 18.8 Å². The van der Waals surface area contributed by atoms with Gasteiger partial charge in [-0.25, -0.2) is 0 Å². The molecule has 0 bridgehead atoms. The molecule has 1 rings (SSSR count). The maximum atomic E-state index is 12.1. The third-order valence-corrected chi connectivity index (χ3v) is 3.62. The van der Waals surface area contributed by atoms with Crippen molar-refractivity contribution < 1.29 is 18.3 Å². The van der Waals surface area contributed by atoms with Gasteiger partial charge in [-0.3, -0.25) is 4.68 Å². The fraction of sp³-hybridized carbons (Fsp3) is 0.727. The molecule has 2 N–H and O–H groups in total. The molecule has 0 spiro atoms. The lowest BCUT2D eigenvalue weighted by Gasteiger charge is -2.15. The Morgan fingerprint density at radius 2 is 2.05 bits per heavy atom. The first-order valence-electron chi connectivity index (χ1n) is 6.00. The predicted molar refractivity (Wildman–Crippen MR) is 68.7 cm³/mol. The number of nitrogens with one attached hydrogen (secondary N) is 1. The van der Waals surface area contributed by atoms with Crippen LogP contribution in [0.1, 0.15) is 25.2 Å². The zero-order chi connectivity index (χ0) is 14.6. The van der Waals surface area contributed by atoms with E-state index >= 15 is 0 Å². The SMILES string of the molecule is CCc1nn(CC)c(CNCC(O)C(F)(F)F)c1Br. The van der Waals surface area contributed by atoms with Gasteiger partial charge in [0, 0.05) is 19.6 Å². The second kappa shape index (κ2) is 6.71. The second-order valence-electron chi connectivity index (χ2n) is 4.06. The molecule has 0 saturated heterocycles. The smallest absolute Gasteiger partial charge is 0.382 e. The van der Waals surface area contributed by atoms with Gasteiger partial charge >= 0.3 is 6.18 Å². The molecule has 19 heavy (non-hydrogen) atoms. The molecular formula is C11H17BrF3N3O. The minimum Gasteiger partial charge on any atom is -0.382 e. The van der Waals surface area contributed by atoms with Crippen molar-refractivity contribution >= 4 is 15.9 Å². The maximum absolute atomic E-state index is 12.1. The summed E-state index contributed by atoms with van der Waals surface area (Å²) < 4.78 is 39.0. The van der Waals surface area contributed by atoms with E-state index in [-0.39, 0.29) is 6.54 Å². The van der Waals surface area contributed by atoms with E-state index in [0.717, 1.165) is 22.3 Å². The molecule has 0 saturated carbocycles. The predicted octanol–water partition coefficient (Wildman–Crippen LogP) is 2.24. The van der Waals surface area contributed by atoms with Gasteiger partial charge in [-0.2, -0.15) is 18.3 Å². The van der Waals surface area contributed by atoms with Gasteiger partial charge in [0.15, 0.2) is 6.10 Å². The molecule has 8 heteroatoms. The van der Waals surface area contributed by atoms with E-state index in [9.17, 15) is 13.2 Å². The highest BCUT2D eigenvalue weighted by atomic mass is 79.9. The third kappa shape index (κ3) is 4.19. The molecule has 0 aromatic carbocycles. The molecule has 0 radical (unpaired) electrons. The lowest BCUT2D eigenvalue weighted by molar-refractivity contribution is -0.201. The van der Waals surface area contributed by atoms with Crippen LogP contribution in [0, 0.1) is 0 Å². The number of aliphatic hydroxyl groups is 1. The van der Waals surface area contributed by atoms with Gasteiger partial charge in [-0.15, -0.1) is 0 Å². The molecule has 1 aromatic heterocycles. The zero-order valence-corrected chi connectivity index (χ0v) is 12.3. The number of aryl methyl sites for hydroxylation is 2. The average Bonchev–Trinajstić information content (AvgIpc) is 2.64. The van der Waals surface area contributed by atoms with Gasteiger partial charge in [-0.05, 0) is 29.3 Å². The summed E-state index contributed by atoms with van der Waals surface area (Å²) in [6, 6.07) is 0. The number of alkyl halides is 3. The van der Waals surface area contributed by atoms with Crippen LogP contribution in [0.4, 0.5) is 13.2 Å². The number of aromatic nitrogens is 2. The first-order valence-corrected chi connectivity index (χ1v) is 6.80. The van der Waals surface area contributed by atoms with Crippen molar-refractivity contribution in [3.05, 3.63) is 15.9 Å². The van der Waals surface area contributed by atoms with E-state index in [0.29, 0.717) is 6.54 Å². The summed E-state index contributed by atoms with van der Waals surface area (Å²) in [7, 11) is 0. The number of hydrogen-bond acceptors (Lipinski definition) is 3. The number of hydrogen-bond donors (Lipinski definition) is 2. The van der Waals surface area contributed by atoms with E-state index in [1.54, 1.807) is 4.68 Å². The first kappa shape index (κ1) is 16.5. The molecule has 0 fully saturated rings. The van der Waals surface area contributed by atoms with Crippen LogP contribution in [0.5, 0.6) is 0 Å². The maximum Gasteiger partial charge on any atom is 0.415 e. The lowest BCUT2D eigenvalue weighted by atomic mass is 10.3. The Kier molecular flexibility index (Phi) is 5.82.